The van der Waals surface area contributed by atoms with Crippen molar-refractivity contribution in [1.29, 1.82) is 0 Å². The summed E-state index contributed by atoms with van der Waals surface area (Å²) < 4.78 is 29.3. The number of anilines is 1. The first-order valence-corrected chi connectivity index (χ1v) is 14.2. The van der Waals surface area contributed by atoms with Crippen molar-refractivity contribution >= 4 is 29.7 Å². The molecule has 2 heterocycles. The molecule has 4 aromatic rings. The summed E-state index contributed by atoms with van der Waals surface area (Å²) in [7, 11) is 0. The van der Waals surface area contributed by atoms with E-state index in [9.17, 15) is 24.0 Å². The molecule has 0 aliphatic carbocycles. The molecule has 13 nitrogen and oxygen atoms in total. The topological polar surface area (TPSA) is 175 Å². The number of nitrogen functional groups attached to an aromatic ring is 1. The molecule has 1 fully saturated rings. The summed E-state index contributed by atoms with van der Waals surface area (Å²) in [6, 6.07) is 24.1. The number of esters is 4. The van der Waals surface area contributed by atoms with E-state index in [-0.39, 0.29) is 28.9 Å². The number of aromatic nitrogens is 2. The molecule has 0 radical (unpaired) electrons. The van der Waals surface area contributed by atoms with Crippen molar-refractivity contribution in [3.05, 3.63) is 130 Å². The van der Waals surface area contributed by atoms with Gasteiger partial charge in [-0.3, -0.25) is 4.57 Å². The predicted molar refractivity (Wildman–Crippen MR) is 161 cm³/mol. The summed E-state index contributed by atoms with van der Waals surface area (Å²) in [5.41, 5.74) is 5.22. The smallest absolute Gasteiger partial charge is 0.351 e. The van der Waals surface area contributed by atoms with E-state index in [1.165, 1.54) is 24.3 Å². The van der Waals surface area contributed by atoms with Crippen molar-refractivity contribution in [2.24, 2.45) is 0 Å². The molecular weight excluding hydrogens is 598 g/mol. The van der Waals surface area contributed by atoms with Crippen LogP contribution in [0.3, 0.4) is 0 Å². The lowest BCUT2D eigenvalue weighted by Gasteiger charge is -2.25. The van der Waals surface area contributed by atoms with Gasteiger partial charge in [-0.25, -0.2) is 24.0 Å². The van der Waals surface area contributed by atoms with Crippen molar-refractivity contribution < 1.29 is 42.9 Å². The van der Waals surface area contributed by atoms with E-state index in [2.05, 4.69) is 4.98 Å². The standard InChI is InChI=1S/C33H29N3O10/c1-2-42-32(40)23-18-36(33(41)35-27(23)34)28-26(46-31(39)22-16-10-5-11-17-22)25(45-30(38)21-14-8-4-9-15-21)24(44-28)19-43-29(37)20-12-6-3-7-13-20/h3-18,24-26,28H,2,19H2,1H3,(H2,34,35,41)/t24-,25-,26-,28-/m1/s1. The highest BCUT2D eigenvalue weighted by Crippen LogP contribution is 2.35. The summed E-state index contributed by atoms with van der Waals surface area (Å²) in [4.78, 5) is 69.0. The average molecular weight is 628 g/mol. The van der Waals surface area contributed by atoms with Crippen LogP contribution in [0.4, 0.5) is 5.82 Å². The third-order valence-electron chi connectivity index (χ3n) is 6.93. The van der Waals surface area contributed by atoms with E-state index in [0.29, 0.717) is 0 Å². The minimum absolute atomic E-state index is 0.0149. The first-order chi connectivity index (χ1) is 22.3. The Bertz CT molecular complexity index is 1760. The van der Waals surface area contributed by atoms with Crippen molar-refractivity contribution in [2.45, 2.75) is 31.5 Å². The first-order valence-electron chi connectivity index (χ1n) is 14.2. The molecule has 1 aromatic heterocycles. The van der Waals surface area contributed by atoms with Crippen molar-refractivity contribution in [3.63, 3.8) is 0 Å². The lowest BCUT2D eigenvalue weighted by Crippen LogP contribution is -2.42. The van der Waals surface area contributed by atoms with Gasteiger partial charge in [0.25, 0.3) is 0 Å². The summed E-state index contributed by atoms with van der Waals surface area (Å²) in [5.74, 6) is -3.59. The van der Waals surface area contributed by atoms with Gasteiger partial charge in [0.05, 0.1) is 23.3 Å². The molecule has 1 saturated heterocycles. The number of ether oxygens (including phenoxy) is 5. The van der Waals surface area contributed by atoms with Gasteiger partial charge in [0.1, 0.15) is 24.1 Å². The average Bonchev–Trinajstić information content (AvgIpc) is 3.40. The van der Waals surface area contributed by atoms with Crippen molar-refractivity contribution in [2.75, 3.05) is 18.9 Å². The Hall–Kier alpha value is -5.82. The highest BCUT2D eigenvalue weighted by atomic mass is 16.7. The summed E-state index contributed by atoms with van der Waals surface area (Å²) in [6.07, 6.45) is -4.63. The molecule has 0 amide bonds. The van der Waals surface area contributed by atoms with Gasteiger partial charge in [0.2, 0.25) is 0 Å². The number of nitrogens with two attached hydrogens (primary N) is 1. The van der Waals surface area contributed by atoms with Crippen molar-refractivity contribution in [1.82, 2.24) is 9.55 Å². The van der Waals surface area contributed by atoms with Crippen molar-refractivity contribution in [3.8, 4) is 0 Å². The van der Waals surface area contributed by atoms with Crippen LogP contribution in [0, 0.1) is 0 Å². The van der Waals surface area contributed by atoms with Gasteiger partial charge in [-0.15, -0.1) is 0 Å². The Kier molecular flexibility index (Phi) is 9.83. The zero-order valence-corrected chi connectivity index (χ0v) is 24.5. The molecule has 1 aliphatic heterocycles. The van der Waals surface area contributed by atoms with Crippen LogP contribution in [0.5, 0.6) is 0 Å². The Morgan fingerprint density at radius 3 is 1.76 bits per heavy atom. The molecule has 1 aliphatic rings. The third kappa shape index (κ3) is 7.11. The SMILES string of the molecule is CCOC(=O)c1cn([C@@H]2O[C@H](COC(=O)c3ccccc3)[C@@H](OC(=O)c3ccccc3)[C@H]2OC(=O)c2ccccc2)c(=O)nc1N. The number of benzene rings is 3. The second kappa shape index (κ2) is 14.3. The number of carbonyl (C=O) groups excluding carboxylic acids is 4. The third-order valence-corrected chi connectivity index (χ3v) is 6.93. The Morgan fingerprint density at radius 2 is 1.24 bits per heavy atom. The van der Waals surface area contributed by atoms with Gasteiger partial charge in [-0.2, -0.15) is 4.98 Å². The number of hydrogen-bond donors (Lipinski definition) is 1. The largest absolute Gasteiger partial charge is 0.462 e. The molecule has 5 rings (SSSR count). The molecule has 0 spiro atoms. The molecule has 3 aromatic carbocycles. The number of carbonyl (C=O) groups is 4. The molecule has 0 saturated carbocycles. The second-order valence-corrected chi connectivity index (χ2v) is 9.95. The van der Waals surface area contributed by atoms with E-state index in [0.717, 1.165) is 10.8 Å². The highest BCUT2D eigenvalue weighted by molar-refractivity contribution is 5.94. The molecule has 0 unspecified atom stereocenters. The van der Waals surface area contributed by atoms with Crippen LogP contribution in [0.25, 0.3) is 0 Å². The van der Waals surface area contributed by atoms with E-state index in [1.807, 2.05) is 0 Å². The zero-order chi connectivity index (χ0) is 32.6. The van der Waals surface area contributed by atoms with E-state index in [1.54, 1.807) is 73.7 Å². The van der Waals surface area contributed by atoms with Crippen LogP contribution in [-0.4, -0.2) is 65.0 Å². The van der Waals surface area contributed by atoms with Gasteiger partial charge >= 0.3 is 29.6 Å². The van der Waals surface area contributed by atoms with Crippen LogP contribution in [0.1, 0.15) is 54.6 Å². The normalized spacial score (nSPS) is 18.7. The minimum atomic E-state index is -1.52. The summed E-state index contributed by atoms with van der Waals surface area (Å²) >= 11 is 0. The summed E-state index contributed by atoms with van der Waals surface area (Å²) in [5, 5.41) is 0. The molecule has 2 N–H and O–H groups in total. The quantitative estimate of drug-likeness (QED) is 0.201. The van der Waals surface area contributed by atoms with Gasteiger partial charge < -0.3 is 29.4 Å². The number of hydrogen-bond acceptors (Lipinski definition) is 12. The second-order valence-electron chi connectivity index (χ2n) is 9.95. The highest BCUT2D eigenvalue weighted by Gasteiger charge is 2.52. The van der Waals surface area contributed by atoms with Gasteiger partial charge in [0.15, 0.2) is 18.4 Å². The molecular formula is C33H29N3O10. The lowest BCUT2D eigenvalue weighted by molar-refractivity contribution is -0.0640. The maximum atomic E-state index is 13.3. The van der Waals surface area contributed by atoms with E-state index >= 15 is 0 Å². The maximum Gasteiger partial charge on any atom is 0.351 e. The predicted octanol–water partition coefficient (Wildman–Crippen LogP) is 3.21. The fourth-order valence-electron chi connectivity index (χ4n) is 4.71. The Labute approximate surface area is 262 Å². The fourth-order valence-corrected chi connectivity index (χ4v) is 4.71. The van der Waals surface area contributed by atoms with Crippen LogP contribution < -0.4 is 11.4 Å². The maximum absolute atomic E-state index is 13.3. The van der Waals surface area contributed by atoms with Gasteiger partial charge in [0, 0.05) is 6.20 Å². The zero-order valence-electron chi connectivity index (χ0n) is 24.5. The van der Waals surface area contributed by atoms with Crippen LogP contribution in [0.2, 0.25) is 0 Å². The molecule has 0 bridgehead atoms. The number of rotatable bonds is 10. The molecule has 236 valence electrons. The Morgan fingerprint density at radius 1 is 0.739 bits per heavy atom. The minimum Gasteiger partial charge on any atom is -0.462 e. The van der Waals surface area contributed by atoms with E-state index < -0.39 is 66.5 Å². The monoisotopic (exact) mass is 627 g/mol. The van der Waals surface area contributed by atoms with Gasteiger partial charge in [-0.05, 0) is 43.3 Å². The summed E-state index contributed by atoms with van der Waals surface area (Å²) in [6.45, 7) is 1.13. The Balaban J connectivity index is 1.55. The van der Waals surface area contributed by atoms with Crippen LogP contribution in [-0.2, 0) is 23.7 Å². The van der Waals surface area contributed by atoms with Crippen LogP contribution >= 0.6 is 0 Å². The lowest BCUT2D eigenvalue weighted by atomic mass is 10.1. The van der Waals surface area contributed by atoms with Gasteiger partial charge in [-0.1, -0.05) is 54.6 Å². The first kappa shape index (κ1) is 31.6. The molecule has 46 heavy (non-hydrogen) atoms. The fraction of sp³-hybridized carbons (Fsp3) is 0.212. The van der Waals surface area contributed by atoms with E-state index in [4.69, 9.17) is 29.4 Å². The molecule has 13 heteroatoms. The molecule has 4 atom stereocenters. The van der Waals surface area contributed by atoms with Crippen LogP contribution in [0.15, 0.2) is 102 Å². The number of nitrogens with zero attached hydrogens (tertiary/aromatic N) is 2.